The first-order chi connectivity index (χ1) is 1.73. The fourth-order valence-electron chi connectivity index (χ4n) is 0. The summed E-state index contributed by atoms with van der Waals surface area (Å²) in [5.41, 5.74) is 0. The summed E-state index contributed by atoms with van der Waals surface area (Å²) in [5, 5.41) is 21.5. The summed E-state index contributed by atoms with van der Waals surface area (Å²) < 4.78 is 0. The number of hydrogen-bond acceptors (Lipinski definition) is 3. The van der Waals surface area contributed by atoms with E-state index in [1.54, 1.807) is 0 Å². The Morgan fingerprint density at radius 2 is 1.00 bits per heavy atom. The zero-order chi connectivity index (χ0) is 3.58. The van der Waals surface area contributed by atoms with Crippen molar-refractivity contribution in [2.75, 3.05) is 0 Å². The van der Waals surface area contributed by atoms with Crippen molar-refractivity contribution in [1.82, 2.24) is 0 Å². The molecule has 0 heterocycles. The molecule has 0 rings (SSSR count). The average molecular weight is 259 g/mol. The van der Waals surface area contributed by atoms with Gasteiger partial charge in [-0.3, -0.25) is 0 Å². The molecule has 0 aliphatic heterocycles. The molecule has 0 atom stereocenters. The van der Waals surface area contributed by atoms with Gasteiger partial charge in [0.15, 0.2) is 0 Å². The molecular weight excluding hydrogens is 256 g/mol. The molecule has 3 N–H and O–H groups in total. The van der Waals surface area contributed by atoms with Crippen LogP contribution in [0.4, 0.5) is 0 Å². The number of hydrogen-bond donors (Lipinski definition) is 3. The van der Waals surface area contributed by atoms with Crippen LogP contribution in [0.1, 0.15) is 0 Å². The van der Waals surface area contributed by atoms with E-state index in [0.717, 1.165) is 0 Å². The molecular formula is H3BEuO3Sc. The van der Waals surface area contributed by atoms with Gasteiger partial charge in [-0.05, 0) is 0 Å². The Hall–Kier alpha value is 2.40. The van der Waals surface area contributed by atoms with Crippen LogP contribution in [0.2, 0.25) is 0 Å². The van der Waals surface area contributed by atoms with Gasteiger partial charge in [-0.15, -0.1) is 0 Å². The molecule has 34 valence electrons. The monoisotopic (exact) mass is 260 g/mol. The van der Waals surface area contributed by atoms with Crippen molar-refractivity contribution in [3.63, 3.8) is 0 Å². The minimum Gasteiger partial charge on any atom is -0.402 e. The Bertz CT molecular complexity index is 15.5. The predicted octanol–water partition coefficient (Wildman–Crippen LogP) is -2.05. The molecule has 0 bridgehead atoms. The van der Waals surface area contributed by atoms with Gasteiger partial charge in [0.2, 0.25) is 0 Å². The molecule has 0 unspecified atom stereocenters. The van der Waals surface area contributed by atoms with Crippen LogP contribution >= 0.6 is 0 Å². The molecule has 6 heteroatoms. The summed E-state index contributed by atoms with van der Waals surface area (Å²) in [5.74, 6) is 0. The second-order valence-corrected chi connectivity index (χ2v) is 0.346. The van der Waals surface area contributed by atoms with Gasteiger partial charge in [0.1, 0.15) is 0 Å². The van der Waals surface area contributed by atoms with E-state index in [9.17, 15) is 0 Å². The van der Waals surface area contributed by atoms with Crippen LogP contribution in [0.3, 0.4) is 0 Å². The van der Waals surface area contributed by atoms with Crippen molar-refractivity contribution < 1.29 is 90.3 Å². The van der Waals surface area contributed by atoms with Crippen LogP contribution in [0, 0.1) is 49.4 Å². The Kier molecular flexibility index (Phi) is 27.3. The van der Waals surface area contributed by atoms with E-state index in [0.29, 0.717) is 0 Å². The van der Waals surface area contributed by atoms with Gasteiger partial charge in [-0.1, -0.05) is 0 Å². The summed E-state index contributed by atoms with van der Waals surface area (Å²) in [6, 6.07) is 0. The fourth-order valence-corrected chi connectivity index (χ4v) is 0. The smallest absolute Gasteiger partial charge is 0.402 e. The van der Waals surface area contributed by atoms with Gasteiger partial charge in [0, 0.05) is 75.2 Å². The van der Waals surface area contributed by atoms with Crippen molar-refractivity contribution in [2.24, 2.45) is 0 Å². The Morgan fingerprint density at radius 1 is 1.00 bits per heavy atom. The predicted molar refractivity (Wildman–Crippen MR) is 12.4 cm³/mol. The molecule has 0 fully saturated rings. The molecule has 0 amide bonds. The molecule has 3 nitrogen and oxygen atoms in total. The molecule has 2 radical (unpaired) electrons. The standard InChI is InChI=1S/BH3O3.Eu.Sc/c2-1(3)4;;/h2-4H;;. The summed E-state index contributed by atoms with van der Waals surface area (Å²) in [4.78, 5) is 0. The van der Waals surface area contributed by atoms with E-state index < -0.39 is 7.32 Å². The topological polar surface area (TPSA) is 60.7 Å². The van der Waals surface area contributed by atoms with E-state index >= 15 is 0 Å². The zero-order valence-electron chi connectivity index (χ0n) is 2.87. The second kappa shape index (κ2) is 10.4. The van der Waals surface area contributed by atoms with Gasteiger partial charge < -0.3 is 15.1 Å². The summed E-state index contributed by atoms with van der Waals surface area (Å²) >= 11 is 0. The van der Waals surface area contributed by atoms with Crippen molar-refractivity contribution >= 4 is 7.32 Å². The van der Waals surface area contributed by atoms with Gasteiger partial charge in [-0.25, -0.2) is 0 Å². The summed E-state index contributed by atoms with van der Waals surface area (Å²) in [6.07, 6.45) is 0. The van der Waals surface area contributed by atoms with Crippen LogP contribution in [-0.4, -0.2) is 22.4 Å². The van der Waals surface area contributed by atoms with Crippen LogP contribution in [0.15, 0.2) is 0 Å². The maximum Gasteiger partial charge on any atom is 0.631 e. The molecule has 0 saturated heterocycles. The Labute approximate surface area is 95.6 Å². The molecule has 0 aliphatic carbocycles. The normalized spacial score (nSPS) is 4.50. The van der Waals surface area contributed by atoms with Crippen LogP contribution in [0.25, 0.3) is 0 Å². The zero-order valence-corrected chi connectivity index (χ0v) is 7.10. The van der Waals surface area contributed by atoms with E-state index in [4.69, 9.17) is 15.1 Å². The van der Waals surface area contributed by atoms with E-state index in [1.165, 1.54) is 0 Å². The number of rotatable bonds is 0. The quantitative estimate of drug-likeness (QED) is 0.438. The fraction of sp³-hybridized carbons (Fsp3) is 0. The third-order valence-electron chi connectivity index (χ3n) is 0. The first-order valence-electron chi connectivity index (χ1n) is 0.775. The minimum absolute atomic E-state index is 0. The largest absolute Gasteiger partial charge is 0.631 e. The van der Waals surface area contributed by atoms with Gasteiger partial charge in [0.25, 0.3) is 0 Å². The van der Waals surface area contributed by atoms with E-state index in [-0.39, 0.29) is 75.2 Å². The molecule has 0 aromatic rings. The van der Waals surface area contributed by atoms with E-state index in [1.807, 2.05) is 0 Å². The van der Waals surface area contributed by atoms with Crippen LogP contribution in [0.5, 0.6) is 0 Å². The molecule has 0 spiro atoms. The summed E-state index contributed by atoms with van der Waals surface area (Å²) in [7, 11) is -2.17. The van der Waals surface area contributed by atoms with Crippen molar-refractivity contribution in [3.05, 3.63) is 0 Å². The maximum absolute atomic E-state index is 7.17. The first-order valence-corrected chi connectivity index (χ1v) is 0.775. The Morgan fingerprint density at radius 3 is 1.00 bits per heavy atom. The maximum atomic E-state index is 7.17. The van der Waals surface area contributed by atoms with Crippen LogP contribution in [-0.2, 0) is 25.8 Å². The molecule has 0 aromatic carbocycles. The molecule has 6 heavy (non-hydrogen) atoms. The minimum atomic E-state index is -2.17. The molecule has 0 saturated carbocycles. The second-order valence-electron chi connectivity index (χ2n) is 0.346. The molecule has 0 aromatic heterocycles. The SMILES string of the molecule is OB(O)O.[Eu].[Sc]. The van der Waals surface area contributed by atoms with Gasteiger partial charge >= 0.3 is 7.32 Å². The summed E-state index contributed by atoms with van der Waals surface area (Å²) in [6.45, 7) is 0. The van der Waals surface area contributed by atoms with Gasteiger partial charge in [0.05, 0.1) is 0 Å². The van der Waals surface area contributed by atoms with Gasteiger partial charge in [-0.2, -0.15) is 0 Å². The van der Waals surface area contributed by atoms with Crippen molar-refractivity contribution in [3.8, 4) is 0 Å². The van der Waals surface area contributed by atoms with Crippen molar-refractivity contribution in [2.45, 2.75) is 0 Å². The first kappa shape index (κ1) is 15.8. The van der Waals surface area contributed by atoms with E-state index in [2.05, 4.69) is 0 Å². The van der Waals surface area contributed by atoms with Crippen molar-refractivity contribution in [1.29, 1.82) is 0 Å². The third kappa shape index (κ3) is 32.4. The average Bonchev–Trinajstić information content (AvgIpc) is 0.811. The third-order valence-corrected chi connectivity index (χ3v) is 0. The Balaban J connectivity index is -0.0000000450. The van der Waals surface area contributed by atoms with Crippen LogP contribution < -0.4 is 0 Å². The molecule has 0 aliphatic rings.